The number of halogens is 2. The number of Topliss-reactive ketones (excluding diaryl/α,β-unsaturated/α-hetero) is 2. The molecule has 0 aliphatic carbocycles. The number of allylic oxidation sites excluding steroid dienone is 2. The van der Waals surface area contributed by atoms with Gasteiger partial charge in [0.1, 0.15) is 11.8 Å². The van der Waals surface area contributed by atoms with Crippen molar-refractivity contribution in [2.24, 2.45) is 11.8 Å². The molecule has 2 saturated heterocycles. The summed E-state index contributed by atoms with van der Waals surface area (Å²) in [4.78, 5) is 58.2. The second kappa shape index (κ2) is 10.3. The molecule has 3 aromatic rings. The van der Waals surface area contributed by atoms with Crippen LogP contribution in [0.25, 0.3) is 0 Å². The second-order valence-electron chi connectivity index (χ2n) is 9.77. The third-order valence-electron chi connectivity index (χ3n) is 7.64. The molecular formula is C31H22Br2N2O5. The zero-order chi connectivity index (χ0) is 28.1. The predicted molar refractivity (Wildman–Crippen MR) is 156 cm³/mol. The minimum absolute atomic E-state index is 0.191. The molecule has 0 bridgehead atoms. The van der Waals surface area contributed by atoms with Gasteiger partial charge in [0.2, 0.25) is 11.8 Å². The maximum absolute atomic E-state index is 14.1. The van der Waals surface area contributed by atoms with E-state index in [2.05, 4.69) is 31.9 Å². The molecule has 2 fully saturated rings. The van der Waals surface area contributed by atoms with E-state index < -0.39 is 35.7 Å². The van der Waals surface area contributed by atoms with Crippen LogP contribution in [0.15, 0.2) is 106 Å². The normalized spacial score (nSPS) is 23.1. The summed E-state index contributed by atoms with van der Waals surface area (Å²) in [5.41, 5.74) is 1.74. The van der Waals surface area contributed by atoms with Gasteiger partial charge in [-0.1, -0.05) is 52.3 Å². The van der Waals surface area contributed by atoms with Crippen LogP contribution in [-0.2, 0) is 9.59 Å². The predicted octanol–water partition coefficient (Wildman–Crippen LogP) is 5.60. The van der Waals surface area contributed by atoms with Crippen molar-refractivity contribution >= 4 is 60.9 Å². The average Bonchev–Trinajstić information content (AvgIpc) is 3.44. The fourth-order valence-corrected chi connectivity index (χ4v) is 6.59. The van der Waals surface area contributed by atoms with E-state index in [0.29, 0.717) is 32.6 Å². The van der Waals surface area contributed by atoms with Crippen molar-refractivity contribution in [2.75, 3.05) is 12.0 Å². The number of amides is 2. The lowest BCUT2D eigenvalue weighted by Crippen LogP contribution is -2.46. The second-order valence-corrected chi connectivity index (χ2v) is 11.5. The van der Waals surface area contributed by atoms with Crippen molar-refractivity contribution in [3.63, 3.8) is 0 Å². The van der Waals surface area contributed by atoms with Gasteiger partial charge in [0, 0.05) is 27.4 Å². The van der Waals surface area contributed by atoms with E-state index in [1.54, 1.807) is 90.0 Å². The Morgan fingerprint density at radius 1 is 0.850 bits per heavy atom. The third kappa shape index (κ3) is 4.24. The lowest BCUT2D eigenvalue weighted by molar-refractivity contribution is -0.123. The molecule has 0 N–H and O–H groups in total. The monoisotopic (exact) mass is 660 g/mol. The summed E-state index contributed by atoms with van der Waals surface area (Å²) in [5.74, 6) is -2.51. The van der Waals surface area contributed by atoms with Gasteiger partial charge in [-0.25, -0.2) is 4.90 Å². The Balaban J connectivity index is 1.43. The van der Waals surface area contributed by atoms with Gasteiger partial charge in [-0.05, 0) is 64.5 Å². The number of benzene rings is 3. The van der Waals surface area contributed by atoms with Crippen molar-refractivity contribution in [1.82, 2.24) is 4.90 Å². The number of ether oxygens (including phenoxy) is 1. The van der Waals surface area contributed by atoms with Gasteiger partial charge in [0.05, 0.1) is 35.1 Å². The first-order valence-corrected chi connectivity index (χ1v) is 14.2. The molecule has 0 aromatic heterocycles. The van der Waals surface area contributed by atoms with Gasteiger partial charge >= 0.3 is 0 Å². The largest absolute Gasteiger partial charge is 0.496 e. The van der Waals surface area contributed by atoms with Crippen LogP contribution in [0.5, 0.6) is 5.75 Å². The molecule has 6 rings (SSSR count). The van der Waals surface area contributed by atoms with Gasteiger partial charge in [0.25, 0.3) is 0 Å². The Morgan fingerprint density at radius 2 is 1.55 bits per heavy atom. The lowest BCUT2D eigenvalue weighted by Gasteiger charge is -2.33. The zero-order valence-electron chi connectivity index (χ0n) is 21.2. The van der Waals surface area contributed by atoms with Crippen LogP contribution < -0.4 is 9.64 Å². The molecule has 200 valence electrons. The number of anilines is 1. The van der Waals surface area contributed by atoms with E-state index in [0.717, 1.165) is 4.47 Å². The van der Waals surface area contributed by atoms with Crippen LogP contribution >= 0.6 is 31.9 Å². The molecule has 4 atom stereocenters. The number of methoxy groups -OCH3 is 1. The number of fused-ring (bicyclic) bond motifs is 3. The van der Waals surface area contributed by atoms with Crippen LogP contribution in [0.2, 0.25) is 0 Å². The molecule has 3 aromatic carbocycles. The number of rotatable bonds is 6. The summed E-state index contributed by atoms with van der Waals surface area (Å²) in [5, 5.41) is 0. The van der Waals surface area contributed by atoms with E-state index in [4.69, 9.17) is 4.74 Å². The molecule has 0 radical (unpaired) electrons. The standard InChI is InChI=1S/C31H22Br2N2O5/c1-40-24-12-7-18(15-22(24)33)29(37)27-26-25(30(38)35(31(26)39)21-10-8-20(32)9-11-21)23-16-19(13-14-34(23)27)28(36)17-5-3-2-4-6-17/h2-16,23,25-27H,1H3/t23-,25+,26+,27-/m0/s1. The maximum Gasteiger partial charge on any atom is 0.240 e. The highest BCUT2D eigenvalue weighted by Gasteiger charge is 2.63. The minimum atomic E-state index is -0.937. The Bertz CT molecular complexity index is 1620. The van der Waals surface area contributed by atoms with E-state index in [9.17, 15) is 19.2 Å². The van der Waals surface area contributed by atoms with Gasteiger partial charge in [-0.2, -0.15) is 0 Å². The number of hydrogen-bond acceptors (Lipinski definition) is 6. The molecule has 2 amide bonds. The Kier molecular flexibility index (Phi) is 6.80. The van der Waals surface area contributed by atoms with Crippen LogP contribution in [0.4, 0.5) is 5.69 Å². The fourth-order valence-electron chi connectivity index (χ4n) is 5.79. The number of carbonyl (C=O) groups is 4. The number of nitrogens with zero attached hydrogens (tertiary/aromatic N) is 2. The van der Waals surface area contributed by atoms with Crippen molar-refractivity contribution in [1.29, 1.82) is 0 Å². The Labute approximate surface area is 247 Å². The van der Waals surface area contributed by atoms with Crippen LogP contribution in [-0.4, -0.2) is 47.5 Å². The first-order chi connectivity index (χ1) is 19.3. The average molecular weight is 662 g/mol. The molecule has 3 aliphatic rings. The maximum atomic E-state index is 14.1. The summed E-state index contributed by atoms with van der Waals surface area (Å²) in [7, 11) is 1.53. The van der Waals surface area contributed by atoms with Crippen LogP contribution in [0.3, 0.4) is 0 Å². The molecule has 7 nitrogen and oxygen atoms in total. The van der Waals surface area contributed by atoms with Gasteiger partial charge < -0.3 is 9.64 Å². The SMILES string of the molecule is COc1ccc(C(=O)[C@@H]2[C@@H]3C(=O)N(c4ccc(Br)cc4)C(=O)[C@@H]3[C@@H]3C=C(C(=O)c4ccccc4)C=CN23)cc1Br. The highest BCUT2D eigenvalue weighted by atomic mass is 79.9. The zero-order valence-corrected chi connectivity index (χ0v) is 24.3. The lowest BCUT2D eigenvalue weighted by atomic mass is 9.85. The summed E-state index contributed by atoms with van der Waals surface area (Å²) in [6.07, 6.45) is 5.05. The van der Waals surface area contributed by atoms with Crippen molar-refractivity contribution < 1.29 is 23.9 Å². The first kappa shape index (κ1) is 26.4. The molecule has 3 aliphatic heterocycles. The van der Waals surface area contributed by atoms with E-state index in [1.165, 1.54) is 12.0 Å². The Hall–Kier alpha value is -3.82. The van der Waals surface area contributed by atoms with E-state index >= 15 is 0 Å². The van der Waals surface area contributed by atoms with E-state index in [1.807, 2.05) is 6.07 Å². The summed E-state index contributed by atoms with van der Waals surface area (Å²) < 4.78 is 6.71. The topological polar surface area (TPSA) is 84.0 Å². The number of carbonyl (C=O) groups excluding carboxylic acids is 4. The molecule has 0 spiro atoms. The number of hydrogen-bond donors (Lipinski definition) is 0. The van der Waals surface area contributed by atoms with E-state index in [-0.39, 0.29) is 11.6 Å². The number of ketones is 2. The molecule has 3 heterocycles. The van der Waals surface area contributed by atoms with Crippen molar-refractivity contribution in [3.8, 4) is 5.75 Å². The molecule has 40 heavy (non-hydrogen) atoms. The van der Waals surface area contributed by atoms with Gasteiger partial charge in [0.15, 0.2) is 11.6 Å². The van der Waals surface area contributed by atoms with Crippen LogP contribution in [0, 0.1) is 11.8 Å². The first-order valence-electron chi connectivity index (χ1n) is 12.6. The van der Waals surface area contributed by atoms with Crippen molar-refractivity contribution in [3.05, 3.63) is 117 Å². The van der Waals surface area contributed by atoms with Gasteiger partial charge in [-0.15, -0.1) is 0 Å². The minimum Gasteiger partial charge on any atom is -0.496 e. The Morgan fingerprint density at radius 3 is 2.23 bits per heavy atom. The quantitative estimate of drug-likeness (QED) is 0.253. The molecule has 0 unspecified atom stereocenters. The van der Waals surface area contributed by atoms with Gasteiger partial charge in [-0.3, -0.25) is 19.2 Å². The molecule has 0 saturated carbocycles. The summed E-state index contributed by atoms with van der Waals surface area (Å²) >= 11 is 6.83. The highest BCUT2D eigenvalue weighted by Crippen LogP contribution is 2.47. The van der Waals surface area contributed by atoms with Crippen molar-refractivity contribution in [2.45, 2.75) is 12.1 Å². The third-order valence-corrected chi connectivity index (χ3v) is 8.78. The number of imide groups is 1. The van der Waals surface area contributed by atoms with Crippen LogP contribution in [0.1, 0.15) is 20.7 Å². The highest BCUT2D eigenvalue weighted by molar-refractivity contribution is 9.10. The summed E-state index contributed by atoms with van der Waals surface area (Å²) in [6, 6.07) is 19.2. The smallest absolute Gasteiger partial charge is 0.240 e. The fraction of sp³-hybridized carbons (Fsp3) is 0.161. The molecule has 9 heteroatoms. The molecular weight excluding hydrogens is 640 g/mol. The summed E-state index contributed by atoms with van der Waals surface area (Å²) in [6.45, 7) is 0.